The summed E-state index contributed by atoms with van der Waals surface area (Å²) in [5.41, 5.74) is 7.45. The van der Waals surface area contributed by atoms with Gasteiger partial charge in [0.1, 0.15) is 0 Å². The Labute approximate surface area is 85.5 Å². The minimum Gasteiger partial charge on any atom is -0.326 e. The van der Waals surface area contributed by atoms with Crippen molar-refractivity contribution in [2.45, 2.75) is 25.4 Å². The van der Waals surface area contributed by atoms with Crippen LogP contribution in [0.25, 0.3) is 0 Å². The molecule has 2 heteroatoms. The molecule has 0 amide bonds. The SMILES string of the molecule is CC1CNC(c2ccccc2)C(N)C1. The average Bonchev–Trinajstić information content (AvgIpc) is 2.19. The fraction of sp³-hybridized carbons (Fsp3) is 0.500. The molecule has 2 nitrogen and oxygen atoms in total. The fourth-order valence-electron chi connectivity index (χ4n) is 2.19. The second-order valence-corrected chi connectivity index (χ2v) is 4.30. The molecule has 2 rings (SSSR count). The highest BCUT2D eigenvalue weighted by Gasteiger charge is 2.25. The number of rotatable bonds is 1. The lowest BCUT2D eigenvalue weighted by Gasteiger charge is -2.33. The van der Waals surface area contributed by atoms with Gasteiger partial charge in [-0.2, -0.15) is 0 Å². The summed E-state index contributed by atoms with van der Waals surface area (Å²) in [5.74, 6) is 0.699. The van der Waals surface area contributed by atoms with Crippen molar-refractivity contribution in [2.75, 3.05) is 6.54 Å². The second kappa shape index (κ2) is 4.11. The predicted molar refractivity (Wildman–Crippen MR) is 58.9 cm³/mol. The number of piperidine rings is 1. The van der Waals surface area contributed by atoms with Gasteiger partial charge in [0.05, 0.1) is 0 Å². The Kier molecular flexibility index (Phi) is 2.85. The Morgan fingerprint density at radius 1 is 1.29 bits per heavy atom. The first-order chi connectivity index (χ1) is 6.77. The molecule has 1 heterocycles. The zero-order valence-electron chi connectivity index (χ0n) is 8.61. The van der Waals surface area contributed by atoms with Crippen LogP contribution in [0.3, 0.4) is 0 Å². The molecule has 1 aromatic rings. The monoisotopic (exact) mass is 190 g/mol. The van der Waals surface area contributed by atoms with Crippen LogP contribution in [0.2, 0.25) is 0 Å². The third kappa shape index (κ3) is 1.97. The first-order valence-electron chi connectivity index (χ1n) is 5.31. The van der Waals surface area contributed by atoms with Crippen molar-refractivity contribution in [1.29, 1.82) is 0 Å². The highest BCUT2D eigenvalue weighted by Crippen LogP contribution is 2.24. The summed E-state index contributed by atoms with van der Waals surface area (Å²) in [7, 11) is 0. The Bertz CT molecular complexity index is 284. The molecule has 14 heavy (non-hydrogen) atoms. The van der Waals surface area contributed by atoms with Crippen molar-refractivity contribution in [3.8, 4) is 0 Å². The molecule has 0 aliphatic carbocycles. The quantitative estimate of drug-likeness (QED) is 0.707. The van der Waals surface area contributed by atoms with E-state index in [2.05, 4.69) is 36.5 Å². The van der Waals surface area contributed by atoms with E-state index < -0.39 is 0 Å². The average molecular weight is 190 g/mol. The first-order valence-corrected chi connectivity index (χ1v) is 5.31. The summed E-state index contributed by atoms with van der Waals surface area (Å²) in [5, 5.41) is 3.51. The van der Waals surface area contributed by atoms with Gasteiger partial charge in [-0.05, 0) is 24.4 Å². The molecular formula is C12H18N2. The minimum absolute atomic E-state index is 0.251. The number of hydrogen-bond donors (Lipinski definition) is 2. The van der Waals surface area contributed by atoms with Gasteiger partial charge in [-0.25, -0.2) is 0 Å². The van der Waals surface area contributed by atoms with Crippen LogP contribution in [0.4, 0.5) is 0 Å². The summed E-state index contributed by atoms with van der Waals surface area (Å²) in [6.45, 7) is 3.32. The summed E-state index contributed by atoms with van der Waals surface area (Å²) < 4.78 is 0. The maximum Gasteiger partial charge on any atom is 0.0473 e. The van der Waals surface area contributed by atoms with Crippen molar-refractivity contribution in [3.05, 3.63) is 35.9 Å². The third-order valence-electron chi connectivity index (χ3n) is 2.95. The number of nitrogens with two attached hydrogens (primary N) is 1. The van der Waals surface area contributed by atoms with E-state index >= 15 is 0 Å². The normalized spacial score (nSPS) is 32.9. The first kappa shape index (κ1) is 9.69. The van der Waals surface area contributed by atoms with E-state index in [1.54, 1.807) is 0 Å². The van der Waals surface area contributed by atoms with E-state index in [9.17, 15) is 0 Å². The van der Waals surface area contributed by atoms with E-state index in [-0.39, 0.29) is 6.04 Å². The zero-order chi connectivity index (χ0) is 9.97. The molecule has 1 fully saturated rings. The van der Waals surface area contributed by atoms with Crippen LogP contribution in [0.1, 0.15) is 24.9 Å². The van der Waals surface area contributed by atoms with Crippen molar-refractivity contribution in [3.63, 3.8) is 0 Å². The lowest BCUT2D eigenvalue weighted by molar-refractivity contribution is 0.291. The standard InChI is InChI=1S/C12H18N2/c1-9-7-11(13)12(14-8-9)10-5-3-2-4-6-10/h2-6,9,11-12,14H,7-8,13H2,1H3. The van der Waals surface area contributed by atoms with Crippen LogP contribution >= 0.6 is 0 Å². The van der Waals surface area contributed by atoms with E-state index in [4.69, 9.17) is 5.73 Å². The summed E-state index contributed by atoms with van der Waals surface area (Å²) in [4.78, 5) is 0. The highest BCUT2D eigenvalue weighted by molar-refractivity contribution is 5.21. The molecule has 1 aromatic carbocycles. The Balaban J connectivity index is 2.12. The van der Waals surface area contributed by atoms with Crippen LogP contribution in [0, 0.1) is 5.92 Å². The molecule has 1 aliphatic heterocycles. The van der Waals surface area contributed by atoms with Crippen LogP contribution < -0.4 is 11.1 Å². The molecule has 1 aliphatic rings. The maximum atomic E-state index is 6.14. The van der Waals surface area contributed by atoms with Crippen molar-refractivity contribution < 1.29 is 0 Å². The van der Waals surface area contributed by atoms with Gasteiger partial charge in [-0.15, -0.1) is 0 Å². The molecular weight excluding hydrogens is 172 g/mol. The molecule has 0 spiro atoms. The fourth-order valence-corrected chi connectivity index (χ4v) is 2.19. The molecule has 0 saturated carbocycles. The van der Waals surface area contributed by atoms with Crippen molar-refractivity contribution >= 4 is 0 Å². The molecule has 0 radical (unpaired) electrons. The number of nitrogens with one attached hydrogen (secondary N) is 1. The molecule has 0 aromatic heterocycles. The van der Waals surface area contributed by atoms with Gasteiger partial charge in [0.2, 0.25) is 0 Å². The largest absolute Gasteiger partial charge is 0.326 e. The molecule has 3 unspecified atom stereocenters. The van der Waals surface area contributed by atoms with Gasteiger partial charge in [0, 0.05) is 12.1 Å². The molecule has 0 bridgehead atoms. The highest BCUT2D eigenvalue weighted by atomic mass is 15.0. The van der Waals surface area contributed by atoms with Crippen molar-refractivity contribution in [1.82, 2.24) is 5.32 Å². The summed E-state index contributed by atoms with van der Waals surface area (Å²) >= 11 is 0. The van der Waals surface area contributed by atoms with Crippen LogP contribution in [0.5, 0.6) is 0 Å². The van der Waals surface area contributed by atoms with E-state index in [1.807, 2.05) is 6.07 Å². The topological polar surface area (TPSA) is 38.0 Å². The van der Waals surface area contributed by atoms with Crippen LogP contribution in [0.15, 0.2) is 30.3 Å². The summed E-state index contributed by atoms with van der Waals surface area (Å²) in [6.07, 6.45) is 1.12. The van der Waals surface area contributed by atoms with Crippen molar-refractivity contribution in [2.24, 2.45) is 11.7 Å². The van der Waals surface area contributed by atoms with E-state index in [1.165, 1.54) is 5.56 Å². The molecule has 76 valence electrons. The Hall–Kier alpha value is -0.860. The van der Waals surface area contributed by atoms with Crippen LogP contribution in [-0.4, -0.2) is 12.6 Å². The lowest BCUT2D eigenvalue weighted by atomic mass is 9.88. The molecule has 3 N–H and O–H groups in total. The van der Waals surface area contributed by atoms with Gasteiger partial charge in [0.15, 0.2) is 0 Å². The third-order valence-corrected chi connectivity index (χ3v) is 2.95. The predicted octanol–water partition coefficient (Wildman–Crippen LogP) is 1.68. The van der Waals surface area contributed by atoms with Gasteiger partial charge in [0.25, 0.3) is 0 Å². The lowest BCUT2D eigenvalue weighted by Crippen LogP contribution is -2.46. The van der Waals surface area contributed by atoms with Crippen LogP contribution in [-0.2, 0) is 0 Å². The zero-order valence-corrected chi connectivity index (χ0v) is 8.61. The van der Waals surface area contributed by atoms with Gasteiger partial charge in [-0.3, -0.25) is 0 Å². The van der Waals surface area contributed by atoms with E-state index in [0.717, 1.165) is 13.0 Å². The minimum atomic E-state index is 0.251. The second-order valence-electron chi connectivity index (χ2n) is 4.30. The number of benzene rings is 1. The van der Waals surface area contributed by atoms with Gasteiger partial charge in [-0.1, -0.05) is 37.3 Å². The van der Waals surface area contributed by atoms with Gasteiger partial charge >= 0.3 is 0 Å². The van der Waals surface area contributed by atoms with E-state index in [0.29, 0.717) is 12.0 Å². The number of hydrogen-bond acceptors (Lipinski definition) is 2. The Morgan fingerprint density at radius 3 is 2.64 bits per heavy atom. The molecule has 1 saturated heterocycles. The summed E-state index contributed by atoms with van der Waals surface area (Å²) in [6, 6.07) is 11.1. The smallest absolute Gasteiger partial charge is 0.0473 e. The Morgan fingerprint density at radius 2 is 2.00 bits per heavy atom. The van der Waals surface area contributed by atoms with Gasteiger partial charge < -0.3 is 11.1 Å². The molecule has 3 atom stereocenters. The maximum absolute atomic E-state index is 6.14.